The molecule has 1 aromatic heterocycles. The van der Waals surface area contributed by atoms with E-state index in [1.807, 2.05) is 13.1 Å². The van der Waals surface area contributed by atoms with Crippen LogP contribution >= 0.6 is 15.9 Å². The Balaban J connectivity index is 2.11. The zero-order chi connectivity index (χ0) is 15.6. The molecule has 0 fully saturated rings. The molecule has 0 N–H and O–H groups in total. The van der Waals surface area contributed by atoms with Crippen molar-refractivity contribution in [3.05, 3.63) is 50.8 Å². The molecule has 3 nitrogen and oxygen atoms in total. The van der Waals surface area contributed by atoms with Gasteiger partial charge in [-0.25, -0.2) is 0 Å². The first-order chi connectivity index (χ1) is 9.92. The molecule has 4 heteroatoms. The van der Waals surface area contributed by atoms with Crippen LogP contribution in [0.3, 0.4) is 0 Å². The minimum absolute atomic E-state index is 0.213. The summed E-state index contributed by atoms with van der Waals surface area (Å²) in [6, 6.07) is 6.21. The van der Waals surface area contributed by atoms with Gasteiger partial charge in [0, 0.05) is 19.9 Å². The zero-order valence-electron chi connectivity index (χ0n) is 13.0. The van der Waals surface area contributed by atoms with Crippen LogP contribution in [0.2, 0.25) is 0 Å². The van der Waals surface area contributed by atoms with Crippen LogP contribution in [0.25, 0.3) is 0 Å². The lowest BCUT2D eigenvalue weighted by atomic mass is 10.0. The Hall–Kier alpha value is -1.42. The lowest BCUT2D eigenvalue weighted by molar-refractivity contribution is -0.117. The predicted octanol–water partition coefficient (Wildman–Crippen LogP) is 3.72. The third-order valence-electron chi connectivity index (χ3n) is 3.84. The van der Waals surface area contributed by atoms with E-state index in [4.69, 9.17) is 0 Å². The van der Waals surface area contributed by atoms with Gasteiger partial charge in [-0.2, -0.15) is 5.10 Å². The van der Waals surface area contributed by atoms with Crippen LogP contribution in [0.15, 0.2) is 22.7 Å². The number of rotatable bonds is 5. The summed E-state index contributed by atoms with van der Waals surface area (Å²) in [5.74, 6) is 0.213. The lowest BCUT2D eigenvalue weighted by Gasteiger charge is -2.06. The Labute approximate surface area is 134 Å². The predicted molar refractivity (Wildman–Crippen MR) is 88.6 cm³/mol. The lowest BCUT2D eigenvalue weighted by Crippen LogP contribution is -2.10. The molecule has 1 heterocycles. The number of nitrogens with zero attached hydrogens (tertiary/aromatic N) is 2. The quantitative estimate of drug-likeness (QED) is 0.825. The zero-order valence-corrected chi connectivity index (χ0v) is 14.6. The van der Waals surface area contributed by atoms with Crippen molar-refractivity contribution < 1.29 is 4.79 Å². The molecule has 21 heavy (non-hydrogen) atoms. The van der Waals surface area contributed by atoms with Crippen LogP contribution in [0.5, 0.6) is 0 Å². The Morgan fingerprint density at radius 2 is 1.95 bits per heavy atom. The van der Waals surface area contributed by atoms with E-state index in [9.17, 15) is 4.79 Å². The summed E-state index contributed by atoms with van der Waals surface area (Å²) in [5, 5.41) is 4.43. The molecule has 2 rings (SSSR count). The smallest absolute Gasteiger partial charge is 0.143 e. The van der Waals surface area contributed by atoms with Crippen LogP contribution < -0.4 is 0 Å². The van der Waals surface area contributed by atoms with Crippen molar-refractivity contribution in [2.75, 3.05) is 0 Å². The molecular weight excluding hydrogens is 328 g/mol. The van der Waals surface area contributed by atoms with Crippen molar-refractivity contribution in [2.45, 2.75) is 40.0 Å². The molecule has 0 aliphatic rings. The second-order valence-electron chi connectivity index (χ2n) is 5.50. The number of hydrogen-bond donors (Lipinski definition) is 0. The van der Waals surface area contributed by atoms with Gasteiger partial charge in [-0.05, 0) is 52.9 Å². The topological polar surface area (TPSA) is 34.9 Å². The van der Waals surface area contributed by atoms with E-state index in [1.54, 1.807) is 4.68 Å². The summed E-state index contributed by atoms with van der Waals surface area (Å²) in [6.07, 6.45) is 1.75. The van der Waals surface area contributed by atoms with Gasteiger partial charge >= 0.3 is 0 Å². The fourth-order valence-corrected chi connectivity index (χ4v) is 3.16. The fourth-order valence-electron chi connectivity index (χ4n) is 2.40. The average Bonchev–Trinajstić information content (AvgIpc) is 2.70. The van der Waals surface area contributed by atoms with Gasteiger partial charge < -0.3 is 0 Å². The molecule has 0 unspecified atom stereocenters. The average molecular weight is 349 g/mol. The van der Waals surface area contributed by atoms with Gasteiger partial charge in [-0.1, -0.05) is 25.1 Å². The second-order valence-corrected chi connectivity index (χ2v) is 6.29. The number of benzene rings is 1. The van der Waals surface area contributed by atoms with Crippen LogP contribution in [-0.4, -0.2) is 15.6 Å². The first-order valence-corrected chi connectivity index (χ1v) is 7.99. The number of Topliss-reactive ketones (excluding diaryl/α,β-unsaturated/α-hetero) is 1. The molecule has 1 aromatic carbocycles. The van der Waals surface area contributed by atoms with E-state index in [-0.39, 0.29) is 5.78 Å². The summed E-state index contributed by atoms with van der Waals surface area (Å²) in [5.41, 5.74) is 5.53. The molecule has 2 aromatic rings. The summed E-state index contributed by atoms with van der Waals surface area (Å²) in [6.45, 7) is 6.22. The second kappa shape index (κ2) is 6.56. The normalized spacial score (nSPS) is 10.9. The van der Waals surface area contributed by atoms with E-state index >= 15 is 0 Å². The summed E-state index contributed by atoms with van der Waals surface area (Å²) < 4.78 is 2.78. The molecule has 0 saturated carbocycles. The molecule has 0 saturated heterocycles. The van der Waals surface area contributed by atoms with Crippen molar-refractivity contribution in [2.24, 2.45) is 7.05 Å². The largest absolute Gasteiger partial charge is 0.299 e. The van der Waals surface area contributed by atoms with Crippen molar-refractivity contribution in [1.29, 1.82) is 0 Å². The molecule has 0 radical (unpaired) electrons. The standard InChI is InChI=1S/C17H21BrN2O/c1-5-15-17(18)16(20(4)19-15)10-14(21)9-13-7-6-11(2)12(3)8-13/h6-8H,5,9-10H2,1-4H3. The van der Waals surface area contributed by atoms with Gasteiger partial charge in [-0.15, -0.1) is 0 Å². The number of carbonyl (C=O) groups is 1. The van der Waals surface area contributed by atoms with E-state index in [2.05, 4.69) is 53.9 Å². The highest BCUT2D eigenvalue weighted by Gasteiger charge is 2.16. The monoisotopic (exact) mass is 348 g/mol. The van der Waals surface area contributed by atoms with Crippen LogP contribution in [0, 0.1) is 13.8 Å². The molecule has 0 atom stereocenters. The van der Waals surface area contributed by atoms with Gasteiger partial charge in [0.05, 0.1) is 15.9 Å². The third-order valence-corrected chi connectivity index (χ3v) is 4.76. The van der Waals surface area contributed by atoms with Gasteiger partial charge in [0.2, 0.25) is 0 Å². The maximum absolute atomic E-state index is 12.3. The molecule has 0 aliphatic carbocycles. The van der Waals surface area contributed by atoms with Crippen LogP contribution in [-0.2, 0) is 31.1 Å². The highest BCUT2D eigenvalue weighted by atomic mass is 79.9. The van der Waals surface area contributed by atoms with E-state index in [0.717, 1.165) is 27.8 Å². The highest BCUT2D eigenvalue weighted by molar-refractivity contribution is 9.10. The maximum atomic E-state index is 12.3. The fraction of sp³-hybridized carbons (Fsp3) is 0.412. The molecular formula is C17H21BrN2O. The Morgan fingerprint density at radius 3 is 2.52 bits per heavy atom. The minimum atomic E-state index is 0.213. The highest BCUT2D eigenvalue weighted by Crippen LogP contribution is 2.22. The number of carbonyl (C=O) groups excluding carboxylic acids is 1. The first-order valence-electron chi connectivity index (χ1n) is 7.20. The molecule has 0 amide bonds. The van der Waals surface area contributed by atoms with E-state index in [1.165, 1.54) is 11.1 Å². The van der Waals surface area contributed by atoms with Gasteiger partial charge in [0.1, 0.15) is 5.78 Å². The number of hydrogen-bond acceptors (Lipinski definition) is 2. The SMILES string of the molecule is CCc1nn(C)c(CC(=O)Cc2ccc(C)c(C)c2)c1Br. The summed E-state index contributed by atoms with van der Waals surface area (Å²) >= 11 is 3.56. The summed E-state index contributed by atoms with van der Waals surface area (Å²) in [7, 11) is 1.89. The molecule has 0 spiro atoms. The number of aromatic nitrogens is 2. The number of ketones is 1. The minimum Gasteiger partial charge on any atom is -0.299 e. The van der Waals surface area contributed by atoms with Crippen molar-refractivity contribution in [3.63, 3.8) is 0 Å². The van der Waals surface area contributed by atoms with Crippen molar-refractivity contribution in [1.82, 2.24) is 9.78 Å². The van der Waals surface area contributed by atoms with Crippen LogP contribution in [0.1, 0.15) is 35.0 Å². The summed E-state index contributed by atoms with van der Waals surface area (Å²) in [4.78, 5) is 12.3. The molecule has 0 bridgehead atoms. The van der Waals surface area contributed by atoms with E-state index in [0.29, 0.717) is 12.8 Å². The van der Waals surface area contributed by atoms with Gasteiger partial charge in [-0.3, -0.25) is 9.48 Å². The Bertz CT molecular complexity index is 674. The molecule has 112 valence electrons. The number of halogens is 1. The third kappa shape index (κ3) is 3.62. The first kappa shape index (κ1) is 16.0. The van der Waals surface area contributed by atoms with Crippen molar-refractivity contribution in [3.8, 4) is 0 Å². The van der Waals surface area contributed by atoms with Gasteiger partial charge in [0.25, 0.3) is 0 Å². The van der Waals surface area contributed by atoms with Crippen LogP contribution in [0.4, 0.5) is 0 Å². The maximum Gasteiger partial charge on any atom is 0.143 e. The van der Waals surface area contributed by atoms with Gasteiger partial charge in [0.15, 0.2) is 0 Å². The Morgan fingerprint density at radius 1 is 1.24 bits per heavy atom. The number of aryl methyl sites for hydroxylation is 4. The van der Waals surface area contributed by atoms with E-state index < -0.39 is 0 Å². The Kier molecular flexibility index (Phi) is 4.99. The molecule has 0 aliphatic heterocycles. The van der Waals surface area contributed by atoms with Crippen molar-refractivity contribution >= 4 is 21.7 Å².